The van der Waals surface area contributed by atoms with Crippen molar-refractivity contribution in [2.75, 3.05) is 13.1 Å². The lowest BCUT2D eigenvalue weighted by molar-refractivity contribution is -0.153. The second kappa shape index (κ2) is 20.8. The van der Waals surface area contributed by atoms with Crippen LogP contribution in [0.2, 0.25) is 0 Å². The van der Waals surface area contributed by atoms with Gasteiger partial charge in [0, 0.05) is 78.1 Å². The highest BCUT2D eigenvalue weighted by Gasteiger charge is 2.44. The molecule has 3 aromatic carbocycles. The van der Waals surface area contributed by atoms with Crippen LogP contribution in [0.4, 0.5) is 8.78 Å². The molecule has 2 aromatic heterocycles. The summed E-state index contributed by atoms with van der Waals surface area (Å²) < 4.78 is 28.2. The summed E-state index contributed by atoms with van der Waals surface area (Å²) in [7, 11) is 0. The normalized spacial score (nSPS) is 23.6. The second-order valence-corrected chi connectivity index (χ2v) is 18.0. The molecule has 0 radical (unpaired) electrons. The number of halogens is 2. The van der Waals surface area contributed by atoms with Crippen molar-refractivity contribution in [1.29, 1.82) is 0 Å². The number of hydrogen-bond acceptors (Lipinski definition) is 4. The fourth-order valence-corrected chi connectivity index (χ4v) is 11.0. The molecule has 4 fully saturated rings. The van der Waals surface area contributed by atoms with Gasteiger partial charge in [0.2, 0.25) is 11.8 Å². The number of benzene rings is 3. The molecule has 4 aliphatic rings. The Bertz CT molecular complexity index is 2360. The lowest BCUT2D eigenvalue weighted by Gasteiger charge is -2.47. The average Bonchev–Trinajstić information content (AvgIpc) is 3.92. The zero-order chi connectivity index (χ0) is 44.6. The molecule has 7 unspecified atom stereocenters. The van der Waals surface area contributed by atoms with E-state index in [1.807, 2.05) is 52.4 Å². The summed E-state index contributed by atoms with van der Waals surface area (Å²) in [5.41, 5.74) is 4.16. The SMILES string of the molecule is CCC.O=C(O)C1CC2CCCCC2N(C(=O)CC(c2ccccc2)c2c[nH]c3cccc(F)c23)C1.O=C(O)C1CCN(C(=O)CCc2c[nH]c3cc(F)ccc23)C2CCCCC12. The Kier molecular flexibility index (Phi) is 15.0. The number of piperidine rings is 2. The fraction of sp³-hybridized carbons (Fsp3) is 0.490. The molecule has 10 nitrogen and oxygen atoms in total. The van der Waals surface area contributed by atoms with E-state index in [-0.39, 0.29) is 72.2 Å². The van der Waals surface area contributed by atoms with Crippen molar-refractivity contribution in [2.24, 2.45) is 23.7 Å². The Hall–Kier alpha value is -5.52. The molecule has 12 heteroatoms. The third-order valence-corrected chi connectivity index (χ3v) is 13.9. The molecule has 0 spiro atoms. The molecule has 2 saturated heterocycles. The zero-order valence-corrected chi connectivity index (χ0v) is 36.5. The minimum atomic E-state index is -0.824. The minimum absolute atomic E-state index is 0.0441. The maximum Gasteiger partial charge on any atom is 0.308 e. The van der Waals surface area contributed by atoms with Crippen LogP contribution in [0.15, 0.2) is 79.1 Å². The maximum absolute atomic E-state index is 14.8. The van der Waals surface area contributed by atoms with Crippen LogP contribution >= 0.6 is 0 Å². The summed E-state index contributed by atoms with van der Waals surface area (Å²) in [6, 6.07) is 19.5. The molecular formula is C51H62F2N4O6. The van der Waals surface area contributed by atoms with E-state index in [4.69, 9.17) is 0 Å². The van der Waals surface area contributed by atoms with Gasteiger partial charge in [0.15, 0.2) is 0 Å². The van der Waals surface area contributed by atoms with E-state index in [0.717, 1.165) is 79.0 Å². The average molecular weight is 865 g/mol. The molecule has 336 valence electrons. The Morgan fingerprint density at radius 3 is 2.22 bits per heavy atom. The molecule has 5 aromatic rings. The van der Waals surface area contributed by atoms with Crippen LogP contribution in [-0.4, -0.2) is 78.9 Å². The summed E-state index contributed by atoms with van der Waals surface area (Å²) in [6.45, 7) is 5.05. The summed E-state index contributed by atoms with van der Waals surface area (Å²) in [5.74, 6) is -2.90. The molecule has 0 bridgehead atoms. The van der Waals surface area contributed by atoms with E-state index in [9.17, 15) is 38.2 Å². The zero-order valence-electron chi connectivity index (χ0n) is 36.5. The number of carbonyl (C=O) groups excluding carboxylic acids is 2. The standard InChI is InChI=1S/C27H29FN2O3.C21H25FN2O3.C3H8/c28-22-10-6-11-23-26(22)21(15-29-23)20(17-7-2-1-3-8-17)14-25(31)30-16-19(27(32)33)13-18-9-4-5-12-24(18)30;22-14-6-7-15-13(12-23-18(15)11-14)5-8-20(25)24-10-9-17(21(26)27)16-3-1-2-4-19(16)24;1-3-2/h1-3,6-8,10-11,15,18-20,24,29H,4-5,9,12-14,16H2,(H,32,33);6-7,11-12,16-17,19,23H,1-5,8-10H2,(H,26,27);3H2,1-2H3. The number of carboxylic acid groups (broad SMARTS) is 2. The number of hydrogen-bond donors (Lipinski definition) is 4. The second-order valence-electron chi connectivity index (χ2n) is 18.0. The Labute approximate surface area is 368 Å². The number of aryl methyl sites for hydroxylation is 1. The highest BCUT2D eigenvalue weighted by molar-refractivity contribution is 5.87. The van der Waals surface area contributed by atoms with Gasteiger partial charge in [0.1, 0.15) is 11.6 Å². The smallest absolute Gasteiger partial charge is 0.308 e. The largest absolute Gasteiger partial charge is 0.481 e. The topological polar surface area (TPSA) is 147 Å². The lowest BCUT2D eigenvalue weighted by Crippen LogP contribution is -2.54. The van der Waals surface area contributed by atoms with Crippen molar-refractivity contribution in [2.45, 2.75) is 122 Å². The first-order chi connectivity index (χ1) is 30.5. The number of amides is 2. The number of carbonyl (C=O) groups is 4. The number of nitrogens with one attached hydrogen (secondary N) is 2. The number of fused-ring (bicyclic) bond motifs is 4. The first kappa shape index (κ1) is 45.5. The summed E-state index contributed by atoms with van der Waals surface area (Å²) >= 11 is 0. The van der Waals surface area contributed by atoms with Gasteiger partial charge in [0.05, 0.1) is 11.8 Å². The highest BCUT2D eigenvalue weighted by atomic mass is 19.1. The predicted octanol–water partition coefficient (Wildman–Crippen LogP) is 10.5. The van der Waals surface area contributed by atoms with Gasteiger partial charge in [-0.15, -0.1) is 0 Å². The molecule has 2 aliphatic heterocycles. The molecule has 2 aliphatic carbocycles. The van der Waals surface area contributed by atoms with Crippen molar-refractivity contribution in [3.63, 3.8) is 0 Å². The number of aromatic nitrogens is 2. The molecule has 63 heavy (non-hydrogen) atoms. The highest BCUT2D eigenvalue weighted by Crippen LogP contribution is 2.42. The molecule has 2 saturated carbocycles. The van der Waals surface area contributed by atoms with Crippen LogP contribution in [-0.2, 0) is 25.6 Å². The van der Waals surface area contributed by atoms with Crippen LogP contribution in [0.3, 0.4) is 0 Å². The van der Waals surface area contributed by atoms with E-state index in [0.29, 0.717) is 43.1 Å². The van der Waals surface area contributed by atoms with Gasteiger partial charge in [-0.05, 0) is 104 Å². The van der Waals surface area contributed by atoms with Crippen molar-refractivity contribution in [1.82, 2.24) is 19.8 Å². The van der Waals surface area contributed by atoms with E-state index in [1.165, 1.54) is 24.6 Å². The Balaban J connectivity index is 0.000000181. The number of carboxylic acids is 2. The molecule has 9 rings (SSSR count). The molecule has 4 heterocycles. The predicted molar refractivity (Wildman–Crippen MR) is 240 cm³/mol. The van der Waals surface area contributed by atoms with Gasteiger partial charge >= 0.3 is 11.9 Å². The van der Waals surface area contributed by atoms with Crippen molar-refractivity contribution in [3.05, 3.63) is 107 Å². The number of rotatable bonds is 9. The van der Waals surface area contributed by atoms with Crippen LogP contribution in [0.25, 0.3) is 21.8 Å². The van der Waals surface area contributed by atoms with Gasteiger partial charge < -0.3 is 30.0 Å². The number of aliphatic carboxylic acids is 2. The number of nitrogens with zero attached hydrogens (tertiary/aromatic N) is 2. The van der Waals surface area contributed by atoms with Gasteiger partial charge in [-0.2, -0.15) is 0 Å². The first-order valence-electron chi connectivity index (χ1n) is 23.1. The first-order valence-corrected chi connectivity index (χ1v) is 23.1. The van der Waals surface area contributed by atoms with Crippen molar-refractivity contribution >= 4 is 45.6 Å². The summed E-state index contributed by atoms with van der Waals surface area (Å²) in [6.07, 6.45) is 15.3. The number of likely N-dealkylation sites (tertiary alicyclic amines) is 2. The Morgan fingerprint density at radius 1 is 0.762 bits per heavy atom. The molecular weight excluding hydrogens is 803 g/mol. The van der Waals surface area contributed by atoms with Gasteiger partial charge in [-0.25, -0.2) is 8.78 Å². The number of H-pyrrole nitrogens is 2. The number of aromatic amines is 2. The van der Waals surface area contributed by atoms with Crippen LogP contribution in [0.5, 0.6) is 0 Å². The lowest BCUT2D eigenvalue weighted by atomic mass is 9.71. The molecule has 4 N–H and O–H groups in total. The van der Waals surface area contributed by atoms with E-state index >= 15 is 0 Å². The van der Waals surface area contributed by atoms with E-state index in [2.05, 4.69) is 23.8 Å². The third kappa shape index (κ3) is 10.3. The maximum atomic E-state index is 14.8. The van der Waals surface area contributed by atoms with Crippen molar-refractivity contribution in [3.8, 4) is 0 Å². The molecule has 7 atom stereocenters. The van der Waals surface area contributed by atoms with E-state index in [1.54, 1.807) is 18.3 Å². The molecule has 2 amide bonds. The van der Waals surface area contributed by atoms with Crippen LogP contribution < -0.4 is 0 Å². The quantitative estimate of drug-likeness (QED) is 0.116. The van der Waals surface area contributed by atoms with Gasteiger partial charge in [-0.1, -0.05) is 82.3 Å². The van der Waals surface area contributed by atoms with Crippen LogP contribution in [0, 0.1) is 35.3 Å². The van der Waals surface area contributed by atoms with Gasteiger partial charge in [-0.3, -0.25) is 19.2 Å². The third-order valence-electron chi connectivity index (χ3n) is 13.9. The van der Waals surface area contributed by atoms with Gasteiger partial charge in [0.25, 0.3) is 0 Å². The Morgan fingerprint density at radius 2 is 1.48 bits per heavy atom. The summed E-state index contributed by atoms with van der Waals surface area (Å²) in [5, 5.41) is 20.7. The summed E-state index contributed by atoms with van der Waals surface area (Å²) in [4.78, 5) is 60.1. The van der Waals surface area contributed by atoms with Crippen LogP contribution in [0.1, 0.15) is 120 Å². The van der Waals surface area contributed by atoms with E-state index < -0.39 is 17.9 Å². The monoisotopic (exact) mass is 864 g/mol. The fourth-order valence-electron chi connectivity index (χ4n) is 11.0. The van der Waals surface area contributed by atoms with Crippen molar-refractivity contribution < 1.29 is 38.2 Å². The minimum Gasteiger partial charge on any atom is -0.481 e.